The lowest BCUT2D eigenvalue weighted by atomic mass is 9.89. The average molecular weight is 329 g/mol. The van der Waals surface area contributed by atoms with E-state index in [1.807, 2.05) is 0 Å². The molecule has 1 fully saturated rings. The Balaban J connectivity index is 1.54. The molecule has 0 radical (unpaired) electrons. The number of aryl methyl sites for hydroxylation is 2. The topological polar surface area (TPSA) is 41.1 Å². The Morgan fingerprint density at radius 1 is 1.08 bits per heavy atom. The third-order valence-electron chi connectivity index (χ3n) is 5.76. The van der Waals surface area contributed by atoms with E-state index in [-0.39, 0.29) is 12.1 Å². The normalized spacial score (nSPS) is 19.4. The van der Waals surface area contributed by atoms with Gasteiger partial charge in [0.2, 0.25) is 0 Å². The molecule has 3 rings (SSSR count). The van der Waals surface area contributed by atoms with Crippen LogP contribution < -0.4 is 10.6 Å². The van der Waals surface area contributed by atoms with Crippen LogP contribution in [0.1, 0.15) is 81.0 Å². The fourth-order valence-corrected chi connectivity index (χ4v) is 4.23. The molecule has 0 aliphatic heterocycles. The molecule has 1 aromatic rings. The number of hydrogen-bond acceptors (Lipinski definition) is 1. The number of carbonyl (C=O) groups is 1. The van der Waals surface area contributed by atoms with Crippen molar-refractivity contribution < 1.29 is 4.79 Å². The number of fused-ring (bicyclic) bond motifs is 1. The van der Waals surface area contributed by atoms with Crippen LogP contribution in [-0.2, 0) is 12.8 Å². The van der Waals surface area contributed by atoms with Crippen molar-refractivity contribution in [1.82, 2.24) is 10.6 Å². The highest BCUT2D eigenvalue weighted by atomic mass is 16.2. The molecule has 1 atom stereocenters. The van der Waals surface area contributed by atoms with Gasteiger partial charge in [-0.05, 0) is 67.6 Å². The summed E-state index contributed by atoms with van der Waals surface area (Å²) in [5, 5.41) is 6.28. The van der Waals surface area contributed by atoms with Crippen LogP contribution in [-0.4, -0.2) is 12.6 Å². The van der Waals surface area contributed by atoms with Crippen LogP contribution in [0.4, 0.5) is 4.79 Å². The molecule has 0 heterocycles. The summed E-state index contributed by atoms with van der Waals surface area (Å²) in [4.78, 5) is 12.3. The number of benzene rings is 1. The van der Waals surface area contributed by atoms with Crippen molar-refractivity contribution in [3.05, 3.63) is 34.9 Å². The lowest BCUT2D eigenvalue weighted by Gasteiger charge is -2.24. The maximum absolute atomic E-state index is 12.3. The number of hydrogen-bond donors (Lipinski definition) is 2. The quantitative estimate of drug-likeness (QED) is 0.793. The summed E-state index contributed by atoms with van der Waals surface area (Å²) in [6.07, 6.45) is 12.5. The first kappa shape index (κ1) is 17.3. The third kappa shape index (κ3) is 4.52. The van der Waals surface area contributed by atoms with Gasteiger partial charge in [-0.1, -0.05) is 44.4 Å². The van der Waals surface area contributed by atoms with Crippen LogP contribution in [0.15, 0.2) is 18.2 Å². The molecular weight excluding hydrogens is 296 g/mol. The SMILES string of the molecule is CCC(NC(=O)NCC1CCCCC1)c1ccc2c(c1)CCCC2. The lowest BCUT2D eigenvalue weighted by molar-refractivity contribution is 0.232. The second-order valence-electron chi connectivity index (χ2n) is 7.55. The second kappa shape index (κ2) is 8.55. The van der Waals surface area contributed by atoms with E-state index in [4.69, 9.17) is 0 Å². The van der Waals surface area contributed by atoms with Crippen molar-refractivity contribution >= 4 is 6.03 Å². The van der Waals surface area contributed by atoms with Crippen LogP contribution in [0.25, 0.3) is 0 Å². The molecule has 1 unspecified atom stereocenters. The van der Waals surface area contributed by atoms with E-state index < -0.39 is 0 Å². The van der Waals surface area contributed by atoms with Gasteiger partial charge in [-0.2, -0.15) is 0 Å². The summed E-state index contributed by atoms with van der Waals surface area (Å²) in [6.45, 7) is 2.97. The number of nitrogens with one attached hydrogen (secondary N) is 2. The van der Waals surface area contributed by atoms with Crippen molar-refractivity contribution in [3.63, 3.8) is 0 Å². The van der Waals surface area contributed by atoms with Gasteiger partial charge in [0, 0.05) is 6.54 Å². The molecule has 1 aromatic carbocycles. The maximum Gasteiger partial charge on any atom is 0.315 e. The maximum atomic E-state index is 12.3. The molecule has 0 aromatic heterocycles. The molecule has 2 aliphatic rings. The van der Waals surface area contributed by atoms with Gasteiger partial charge >= 0.3 is 6.03 Å². The summed E-state index contributed by atoms with van der Waals surface area (Å²) >= 11 is 0. The average Bonchev–Trinajstić information content (AvgIpc) is 2.65. The highest BCUT2D eigenvalue weighted by Crippen LogP contribution is 2.26. The van der Waals surface area contributed by atoms with E-state index in [1.165, 1.54) is 74.5 Å². The summed E-state index contributed by atoms with van der Waals surface area (Å²) in [5.74, 6) is 0.674. The van der Waals surface area contributed by atoms with Crippen molar-refractivity contribution in [2.45, 2.75) is 77.2 Å². The molecule has 2 N–H and O–H groups in total. The monoisotopic (exact) mass is 328 g/mol. The first-order chi connectivity index (χ1) is 11.8. The first-order valence-corrected chi connectivity index (χ1v) is 9.92. The molecule has 0 spiro atoms. The number of rotatable bonds is 5. The summed E-state index contributed by atoms with van der Waals surface area (Å²) in [7, 11) is 0. The van der Waals surface area contributed by atoms with Gasteiger partial charge in [0.05, 0.1) is 6.04 Å². The molecule has 3 nitrogen and oxygen atoms in total. The largest absolute Gasteiger partial charge is 0.338 e. The standard InChI is InChI=1S/C21H32N2O/c1-2-20(19-13-12-17-10-6-7-11-18(17)14-19)23-21(24)22-15-16-8-4-3-5-9-16/h12-14,16,20H,2-11,15H2,1H3,(H2,22,23,24). The number of urea groups is 1. The Morgan fingerprint density at radius 3 is 2.58 bits per heavy atom. The van der Waals surface area contributed by atoms with E-state index in [2.05, 4.69) is 35.8 Å². The zero-order valence-corrected chi connectivity index (χ0v) is 15.1. The van der Waals surface area contributed by atoms with Gasteiger partial charge in [0.1, 0.15) is 0 Å². The minimum absolute atomic E-state index is 0.00913. The number of amides is 2. The third-order valence-corrected chi connectivity index (χ3v) is 5.76. The molecule has 2 aliphatic carbocycles. The van der Waals surface area contributed by atoms with Gasteiger partial charge < -0.3 is 10.6 Å². The Labute approximate surface area is 146 Å². The fourth-order valence-electron chi connectivity index (χ4n) is 4.23. The van der Waals surface area contributed by atoms with Gasteiger partial charge in [-0.15, -0.1) is 0 Å². The van der Waals surface area contributed by atoms with E-state index in [1.54, 1.807) is 0 Å². The Hall–Kier alpha value is -1.51. The predicted octanol–water partition coefficient (Wildman–Crippen LogP) is 4.90. The summed E-state index contributed by atoms with van der Waals surface area (Å²) in [6, 6.07) is 6.91. The van der Waals surface area contributed by atoms with Gasteiger partial charge in [-0.25, -0.2) is 4.79 Å². The van der Waals surface area contributed by atoms with Crippen LogP contribution in [0.3, 0.4) is 0 Å². The van der Waals surface area contributed by atoms with Crippen LogP contribution in [0, 0.1) is 5.92 Å². The second-order valence-corrected chi connectivity index (χ2v) is 7.55. The highest BCUT2D eigenvalue weighted by Gasteiger charge is 2.18. The predicted molar refractivity (Wildman–Crippen MR) is 99.2 cm³/mol. The highest BCUT2D eigenvalue weighted by molar-refractivity contribution is 5.74. The van der Waals surface area contributed by atoms with Crippen molar-refractivity contribution in [2.75, 3.05) is 6.54 Å². The minimum atomic E-state index is -0.00913. The van der Waals surface area contributed by atoms with E-state index >= 15 is 0 Å². The Kier molecular flexibility index (Phi) is 6.17. The van der Waals surface area contributed by atoms with Crippen molar-refractivity contribution in [1.29, 1.82) is 0 Å². The van der Waals surface area contributed by atoms with Crippen LogP contribution in [0.2, 0.25) is 0 Å². The molecule has 0 saturated heterocycles. The smallest absolute Gasteiger partial charge is 0.315 e. The van der Waals surface area contributed by atoms with Crippen LogP contribution in [0.5, 0.6) is 0 Å². The Morgan fingerprint density at radius 2 is 1.83 bits per heavy atom. The zero-order valence-electron chi connectivity index (χ0n) is 15.1. The molecule has 0 bridgehead atoms. The molecule has 2 amide bonds. The van der Waals surface area contributed by atoms with E-state index in [0.717, 1.165) is 13.0 Å². The van der Waals surface area contributed by atoms with Crippen LogP contribution >= 0.6 is 0 Å². The lowest BCUT2D eigenvalue weighted by Crippen LogP contribution is -2.40. The van der Waals surface area contributed by atoms with E-state index in [0.29, 0.717) is 5.92 Å². The molecule has 24 heavy (non-hydrogen) atoms. The molecule has 1 saturated carbocycles. The summed E-state index contributed by atoms with van der Waals surface area (Å²) in [5.41, 5.74) is 4.24. The molecule has 132 valence electrons. The van der Waals surface area contributed by atoms with Crippen molar-refractivity contribution in [2.24, 2.45) is 5.92 Å². The van der Waals surface area contributed by atoms with E-state index in [9.17, 15) is 4.79 Å². The molecular formula is C21H32N2O. The van der Waals surface area contributed by atoms with Gasteiger partial charge in [0.25, 0.3) is 0 Å². The minimum Gasteiger partial charge on any atom is -0.338 e. The first-order valence-electron chi connectivity index (χ1n) is 9.92. The van der Waals surface area contributed by atoms with Gasteiger partial charge in [-0.3, -0.25) is 0 Å². The fraction of sp³-hybridized carbons (Fsp3) is 0.667. The Bertz CT molecular complexity index is 549. The van der Waals surface area contributed by atoms with Gasteiger partial charge in [0.15, 0.2) is 0 Å². The van der Waals surface area contributed by atoms with Crippen molar-refractivity contribution in [3.8, 4) is 0 Å². The zero-order chi connectivity index (χ0) is 16.8. The number of carbonyl (C=O) groups excluding carboxylic acids is 1. The molecule has 3 heteroatoms. The summed E-state index contributed by atoms with van der Waals surface area (Å²) < 4.78 is 0.